The predicted molar refractivity (Wildman–Crippen MR) is 91.8 cm³/mol. The summed E-state index contributed by atoms with van der Waals surface area (Å²) in [5.74, 6) is -0.100. The number of pyridine rings is 1. The van der Waals surface area contributed by atoms with E-state index in [0.717, 1.165) is 24.1 Å². The molecule has 0 radical (unpaired) electrons. The minimum absolute atomic E-state index is 0.132. The van der Waals surface area contributed by atoms with Crippen LogP contribution >= 0.6 is 0 Å². The van der Waals surface area contributed by atoms with Crippen molar-refractivity contribution < 1.29 is 9.90 Å². The van der Waals surface area contributed by atoms with Gasteiger partial charge in [-0.15, -0.1) is 0 Å². The summed E-state index contributed by atoms with van der Waals surface area (Å²) in [6.07, 6.45) is 0.947. The molecular formula is C19H22N2O3. The topological polar surface area (TPSA) is 73.4 Å². The Morgan fingerprint density at radius 1 is 1.17 bits per heavy atom. The fourth-order valence-electron chi connectivity index (χ4n) is 3.25. The zero-order valence-electron chi connectivity index (χ0n) is 13.7. The van der Waals surface area contributed by atoms with Crippen LogP contribution in [0.5, 0.6) is 0 Å². The van der Waals surface area contributed by atoms with Crippen molar-refractivity contribution in [2.75, 3.05) is 13.1 Å². The second kappa shape index (κ2) is 7.01. The van der Waals surface area contributed by atoms with Gasteiger partial charge in [0.2, 0.25) is 0 Å². The molecule has 0 bridgehead atoms. The highest BCUT2D eigenvalue weighted by Gasteiger charge is 2.29. The Bertz CT molecular complexity index is 762. The van der Waals surface area contributed by atoms with Gasteiger partial charge in [-0.05, 0) is 43.4 Å². The maximum atomic E-state index is 12.5. The summed E-state index contributed by atoms with van der Waals surface area (Å²) in [5.41, 5.74) is 1.49. The summed E-state index contributed by atoms with van der Waals surface area (Å²) < 4.78 is 0. The van der Waals surface area contributed by atoms with Crippen molar-refractivity contribution in [2.45, 2.75) is 25.9 Å². The normalized spacial score (nSPS) is 16.8. The number of H-pyrrole nitrogens is 1. The molecule has 2 N–H and O–H groups in total. The largest absolute Gasteiger partial charge is 0.388 e. The molecule has 0 unspecified atom stereocenters. The number of rotatable bonds is 3. The lowest BCUT2D eigenvalue weighted by Gasteiger charge is -2.34. The van der Waals surface area contributed by atoms with Crippen molar-refractivity contribution in [1.29, 1.82) is 0 Å². The second-order valence-corrected chi connectivity index (χ2v) is 6.37. The summed E-state index contributed by atoms with van der Waals surface area (Å²) in [6.45, 7) is 2.90. The molecule has 0 aliphatic carbocycles. The number of aromatic nitrogens is 1. The number of nitrogens with zero attached hydrogens (tertiary/aromatic N) is 1. The van der Waals surface area contributed by atoms with Crippen LogP contribution in [-0.4, -0.2) is 34.0 Å². The zero-order chi connectivity index (χ0) is 17.1. The standard InChI is InChI=1S/C19H22N2O3/c1-13-7-8-16(18(23)20-13)19(24)21-11-9-15(10-12-21)17(22)14-5-3-2-4-6-14/h2-8,15,17,22H,9-12H2,1H3,(H,20,23)/t17-/m0/s1. The van der Waals surface area contributed by atoms with Crippen LogP contribution < -0.4 is 5.56 Å². The van der Waals surface area contributed by atoms with Crippen LogP contribution in [-0.2, 0) is 0 Å². The average molecular weight is 326 g/mol. The Morgan fingerprint density at radius 3 is 2.46 bits per heavy atom. The molecule has 1 aromatic carbocycles. The zero-order valence-corrected chi connectivity index (χ0v) is 13.7. The number of carbonyl (C=O) groups excluding carboxylic acids is 1. The lowest BCUT2D eigenvalue weighted by atomic mass is 9.87. The van der Waals surface area contributed by atoms with Gasteiger partial charge >= 0.3 is 0 Å². The number of aromatic amines is 1. The lowest BCUT2D eigenvalue weighted by Crippen LogP contribution is -2.41. The Kier molecular flexibility index (Phi) is 4.81. The first-order valence-corrected chi connectivity index (χ1v) is 8.28. The van der Waals surface area contributed by atoms with E-state index < -0.39 is 6.10 Å². The van der Waals surface area contributed by atoms with E-state index in [4.69, 9.17) is 0 Å². The third-order valence-corrected chi connectivity index (χ3v) is 4.70. The molecule has 2 heterocycles. The van der Waals surface area contributed by atoms with E-state index in [-0.39, 0.29) is 22.9 Å². The summed E-state index contributed by atoms with van der Waals surface area (Å²) in [7, 11) is 0. The van der Waals surface area contributed by atoms with Crippen LogP contribution in [0.25, 0.3) is 0 Å². The van der Waals surface area contributed by atoms with Crippen molar-refractivity contribution in [3.8, 4) is 0 Å². The van der Waals surface area contributed by atoms with Gasteiger partial charge in [0, 0.05) is 18.8 Å². The maximum Gasteiger partial charge on any atom is 0.260 e. The first-order valence-electron chi connectivity index (χ1n) is 8.28. The Morgan fingerprint density at radius 2 is 1.83 bits per heavy atom. The molecule has 1 aliphatic rings. The average Bonchev–Trinajstić information content (AvgIpc) is 2.61. The van der Waals surface area contributed by atoms with Gasteiger partial charge in [-0.1, -0.05) is 30.3 Å². The van der Waals surface area contributed by atoms with Crippen molar-refractivity contribution >= 4 is 5.91 Å². The van der Waals surface area contributed by atoms with Crippen molar-refractivity contribution in [3.63, 3.8) is 0 Å². The van der Waals surface area contributed by atoms with E-state index in [1.54, 1.807) is 24.0 Å². The first-order chi connectivity index (χ1) is 11.6. The fourth-order valence-corrected chi connectivity index (χ4v) is 3.25. The molecule has 126 valence electrons. The van der Waals surface area contributed by atoms with E-state index in [9.17, 15) is 14.7 Å². The number of hydrogen-bond acceptors (Lipinski definition) is 3. The summed E-state index contributed by atoms with van der Waals surface area (Å²) in [6, 6.07) is 12.9. The predicted octanol–water partition coefficient (Wildman–Crippen LogP) is 2.27. The van der Waals surface area contributed by atoms with Crippen LogP contribution in [0.2, 0.25) is 0 Å². The number of carbonyl (C=O) groups is 1. The van der Waals surface area contributed by atoms with Gasteiger partial charge in [0.25, 0.3) is 11.5 Å². The molecule has 0 spiro atoms. The number of hydrogen-bond donors (Lipinski definition) is 2. The Labute approximate surface area is 140 Å². The Balaban J connectivity index is 1.64. The van der Waals surface area contributed by atoms with Crippen LogP contribution in [0.4, 0.5) is 0 Å². The molecule has 24 heavy (non-hydrogen) atoms. The highest BCUT2D eigenvalue weighted by Crippen LogP contribution is 2.30. The van der Waals surface area contributed by atoms with Crippen LogP contribution in [0.15, 0.2) is 47.3 Å². The molecule has 3 rings (SSSR count). The monoisotopic (exact) mass is 326 g/mol. The number of aryl methyl sites for hydroxylation is 1. The van der Waals surface area contributed by atoms with Gasteiger partial charge in [0.15, 0.2) is 0 Å². The highest BCUT2D eigenvalue weighted by atomic mass is 16.3. The minimum Gasteiger partial charge on any atom is -0.388 e. The lowest BCUT2D eigenvalue weighted by molar-refractivity contribution is 0.0461. The van der Waals surface area contributed by atoms with Crippen molar-refractivity contribution in [3.05, 3.63) is 69.6 Å². The van der Waals surface area contributed by atoms with E-state index in [2.05, 4.69) is 4.98 Å². The van der Waals surface area contributed by atoms with Gasteiger partial charge in [-0.2, -0.15) is 0 Å². The molecule has 5 nitrogen and oxygen atoms in total. The van der Waals surface area contributed by atoms with Crippen molar-refractivity contribution in [1.82, 2.24) is 9.88 Å². The molecule has 2 aromatic rings. The van der Waals surface area contributed by atoms with E-state index in [0.29, 0.717) is 13.1 Å². The number of aliphatic hydroxyl groups excluding tert-OH is 1. The quantitative estimate of drug-likeness (QED) is 0.909. The molecule has 0 saturated carbocycles. The molecule has 1 saturated heterocycles. The SMILES string of the molecule is Cc1ccc(C(=O)N2CCC([C@@H](O)c3ccccc3)CC2)c(=O)[nH]1. The molecule has 1 fully saturated rings. The molecule has 1 amide bonds. The Hall–Kier alpha value is -2.40. The van der Waals surface area contributed by atoms with Crippen molar-refractivity contribution in [2.24, 2.45) is 5.92 Å². The van der Waals surface area contributed by atoms with E-state index >= 15 is 0 Å². The molecule has 5 heteroatoms. The van der Waals surface area contributed by atoms with E-state index in [1.165, 1.54) is 0 Å². The summed E-state index contributed by atoms with van der Waals surface area (Å²) >= 11 is 0. The molecular weight excluding hydrogens is 304 g/mol. The fraction of sp³-hybridized carbons (Fsp3) is 0.368. The number of nitrogens with one attached hydrogen (secondary N) is 1. The number of likely N-dealkylation sites (tertiary alicyclic amines) is 1. The van der Waals surface area contributed by atoms with Gasteiger partial charge in [-0.3, -0.25) is 9.59 Å². The van der Waals surface area contributed by atoms with E-state index in [1.807, 2.05) is 30.3 Å². The van der Waals surface area contributed by atoms with Gasteiger partial charge in [-0.25, -0.2) is 0 Å². The maximum absolute atomic E-state index is 12.5. The first kappa shape index (κ1) is 16.5. The highest BCUT2D eigenvalue weighted by molar-refractivity contribution is 5.93. The number of piperidine rings is 1. The van der Waals surface area contributed by atoms with Gasteiger partial charge < -0.3 is 15.0 Å². The number of amides is 1. The van der Waals surface area contributed by atoms with Gasteiger partial charge in [0.1, 0.15) is 5.56 Å². The third-order valence-electron chi connectivity index (χ3n) is 4.70. The van der Waals surface area contributed by atoms with Gasteiger partial charge in [0.05, 0.1) is 6.10 Å². The summed E-state index contributed by atoms with van der Waals surface area (Å²) in [4.78, 5) is 28.8. The van der Waals surface area contributed by atoms with Crippen LogP contribution in [0.1, 0.15) is 40.6 Å². The third kappa shape index (κ3) is 3.41. The van der Waals surface area contributed by atoms with Crippen LogP contribution in [0, 0.1) is 12.8 Å². The smallest absolute Gasteiger partial charge is 0.260 e. The molecule has 1 atom stereocenters. The number of aliphatic hydroxyl groups is 1. The second-order valence-electron chi connectivity index (χ2n) is 6.37. The minimum atomic E-state index is -0.508. The number of benzene rings is 1. The molecule has 1 aliphatic heterocycles. The van der Waals surface area contributed by atoms with Crippen LogP contribution in [0.3, 0.4) is 0 Å². The summed E-state index contributed by atoms with van der Waals surface area (Å²) in [5, 5.41) is 10.5. The molecule has 1 aromatic heterocycles.